The molecule has 1 saturated carbocycles. The Morgan fingerprint density at radius 3 is 2.65 bits per heavy atom. The van der Waals surface area contributed by atoms with Crippen molar-refractivity contribution in [3.8, 4) is 6.07 Å². The van der Waals surface area contributed by atoms with Crippen molar-refractivity contribution in [1.82, 2.24) is 4.90 Å². The standard InChI is InChI=1S/C14H13F3N2O/c15-14(16,17)11-4-1-3-10(9-11)13(20)19(8-2-7-18)12-5-6-12/h1,3-4,9,12H,2,5-6,8H2. The van der Waals surface area contributed by atoms with E-state index in [1.165, 1.54) is 17.0 Å². The highest BCUT2D eigenvalue weighted by molar-refractivity contribution is 5.94. The third-order valence-corrected chi connectivity index (χ3v) is 3.15. The van der Waals surface area contributed by atoms with E-state index in [0.717, 1.165) is 25.0 Å². The Kier molecular flexibility index (Phi) is 3.98. The summed E-state index contributed by atoms with van der Waals surface area (Å²) in [5.74, 6) is -0.436. The molecule has 0 bridgehead atoms. The third kappa shape index (κ3) is 3.29. The van der Waals surface area contributed by atoms with Crippen molar-refractivity contribution in [2.75, 3.05) is 6.54 Å². The van der Waals surface area contributed by atoms with Crippen molar-refractivity contribution in [3.05, 3.63) is 35.4 Å². The minimum Gasteiger partial charge on any atom is -0.335 e. The lowest BCUT2D eigenvalue weighted by Crippen LogP contribution is -2.34. The topological polar surface area (TPSA) is 44.1 Å². The van der Waals surface area contributed by atoms with Crippen LogP contribution in [-0.2, 0) is 6.18 Å². The first-order chi connectivity index (χ1) is 9.43. The van der Waals surface area contributed by atoms with Gasteiger partial charge in [0.2, 0.25) is 0 Å². The van der Waals surface area contributed by atoms with Gasteiger partial charge in [-0.25, -0.2) is 0 Å². The zero-order valence-electron chi connectivity index (χ0n) is 10.7. The molecule has 0 heterocycles. The zero-order valence-corrected chi connectivity index (χ0v) is 10.7. The smallest absolute Gasteiger partial charge is 0.335 e. The van der Waals surface area contributed by atoms with Gasteiger partial charge in [0.25, 0.3) is 5.91 Å². The summed E-state index contributed by atoms with van der Waals surface area (Å²) < 4.78 is 37.9. The lowest BCUT2D eigenvalue weighted by Gasteiger charge is -2.21. The first kappa shape index (κ1) is 14.4. The van der Waals surface area contributed by atoms with Crippen LogP contribution >= 0.6 is 0 Å². The Labute approximate surface area is 114 Å². The number of alkyl halides is 3. The molecule has 0 spiro atoms. The number of benzene rings is 1. The number of hydrogen-bond donors (Lipinski definition) is 0. The molecule has 0 saturated heterocycles. The second kappa shape index (κ2) is 5.53. The van der Waals surface area contributed by atoms with Gasteiger partial charge in [-0.2, -0.15) is 18.4 Å². The monoisotopic (exact) mass is 282 g/mol. The first-order valence-corrected chi connectivity index (χ1v) is 6.28. The summed E-state index contributed by atoms with van der Waals surface area (Å²) >= 11 is 0. The van der Waals surface area contributed by atoms with Gasteiger partial charge in [-0.3, -0.25) is 4.79 Å². The first-order valence-electron chi connectivity index (χ1n) is 6.28. The summed E-state index contributed by atoms with van der Waals surface area (Å²) in [7, 11) is 0. The predicted molar refractivity (Wildman–Crippen MR) is 65.7 cm³/mol. The molecule has 1 aromatic rings. The number of nitrogens with zero attached hydrogens (tertiary/aromatic N) is 2. The molecule has 0 N–H and O–H groups in total. The summed E-state index contributed by atoms with van der Waals surface area (Å²) in [4.78, 5) is 13.8. The van der Waals surface area contributed by atoms with Crippen LogP contribution in [0.3, 0.4) is 0 Å². The normalized spacial score (nSPS) is 14.7. The van der Waals surface area contributed by atoms with Gasteiger partial charge >= 0.3 is 6.18 Å². The number of carbonyl (C=O) groups is 1. The second-order valence-electron chi connectivity index (χ2n) is 4.72. The maximum absolute atomic E-state index is 12.6. The Balaban J connectivity index is 2.21. The lowest BCUT2D eigenvalue weighted by molar-refractivity contribution is -0.137. The van der Waals surface area contributed by atoms with Crippen molar-refractivity contribution in [2.45, 2.75) is 31.5 Å². The van der Waals surface area contributed by atoms with Crippen molar-refractivity contribution < 1.29 is 18.0 Å². The number of halogens is 3. The maximum Gasteiger partial charge on any atom is 0.416 e. The van der Waals surface area contributed by atoms with E-state index in [1.807, 2.05) is 6.07 Å². The van der Waals surface area contributed by atoms with Crippen molar-refractivity contribution in [3.63, 3.8) is 0 Å². The van der Waals surface area contributed by atoms with Crippen LogP contribution in [-0.4, -0.2) is 23.4 Å². The highest BCUT2D eigenvalue weighted by atomic mass is 19.4. The summed E-state index contributed by atoms with van der Waals surface area (Å²) in [6.07, 6.45) is -2.60. The summed E-state index contributed by atoms with van der Waals surface area (Å²) in [6, 6.07) is 6.41. The SMILES string of the molecule is N#CCCN(C(=O)c1cccc(C(F)(F)F)c1)C1CC1. The fraction of sp³-hybridized carbons (Fsp3) is 0.429. The molecule has 3 nitrogen and oxygen atoms in total. The number of nitriles is 1. The molecule has 0 radical (unpaired) electrons. The average molecular weight is 282 g/mol. The molecule has 0 aliphatic heterocycles. The van der Waals surface area contributed by atoms with Crippen LogP contribution in [0.5, 0.6) is 0 Å². The second-order valence-corrected chi connectivity index (χ2v) is 4.72. The highest BCUT2D eigenvalue weighted by Crippen LogP contribution is 2.31. The molecule has 106 valence electrons. The van der Waals surface area contributed by atoms with Gasteiger partial charge in [0.05, 0.1) is 18.1 Å². The zero-order chi connectivity index (χ0) is 14.8. The summed E-state index contributed by atoms with van der Waals surface area (Å²) in [6.45, 7) is 0.260. The van der Waals surface area contributed by atoms with Crippen molar-refractivity contribution >= 4 is 5.91 Å². The molecular weight excluding hydrogens is 269 g/mol. The molecule has 2 rings (SSSR count). The van der Waals surface area contributed by atoms with Crippen LogP contribution in [0, 0.1) is 11.3 Å². The van der Waals surface area contributed by atoms with Gasteiger partial charge in [-0.1, -0.05) is 6.07 Å². The van der Waals surface area contributed by atoms with Gasteiger partial charge in [0.15, 0.2) is 0 Å². The highest BCUT2D eigenvalue weighted by Gasteiger charge is 2.34. The molecule has 1 aliphatic carbocycles. The lowest BCUT2D eigenvalue weighted by atomic mass is 10.1. The van der Waals surface area contributed by atoms with Gasteiger partial charge in [-0.05, 0) is 31.0 Å². The molecule has 0 aromatic heterocycles. The Morgan fingerprint density at radius 2 is 2.10 bits per heavy atom. The molecule has 0 unspecified atom stereocenters. The Hall–Kier alpha value is -2.03. The Morgan fingerprint density at radius 1 is 1.40 bits per heavy atom. The molecule has 0 atom stereocenters. The van der Waals surface area contributed by atoms with Gasteiger partial charge in [-0.15, -0.1) is 0 Å². The summed E-state index contributed by atoms with van der Waals surface area (Å²) in [5.41, 5.74) is -0.816. The maximum atomic E-state index is 12.6. The van der Waals surface area contributed by atoms with Crippen LogP contribution in [0.2, 0.25) is 0 Å². The van der Waals surface area contributed by atoms with Crippen molar-refractivity contribution in [2.24, 2.45) is 0 Å². The van der Waals surface area contributed by atoms with E-state index >= 15 is 0 Å². The van der Waals surface area contributed by atoms with Crippen LogP contribution in [0.1, 0.15) is 35.2 Å². The van der Waals surface area contributed by atoms with Crippen LogP contribution in [0.15, 0.2) is 24.3 Å². The molecule has 1 aromatic carbocycles. The number of carbonyl (C=O) groups excluding carboxylic acids is 1. The van der Waals surface area contributed by atoms with E-state index in [-0.39, 0.29) is 24.6 Å². The van der Waals surface area contributed by atoms with Crippen LogP contribution < -0.4 is 0 Å². The van der Waals surface area contributed by atoms with Crippen LogP contribution in [0.25, 0.3) is 0 Å². The molecule has 1 amide bonds. The van der Waals surface area contributed by atoms with E-state index in [0.29, 0.717) is 0 Å². The minimum atomic E-state index is -4.46. The van der Waals surface area contributed by atoms with Crippen LogP contribution in [0.4, 0.5) is 13.2 Å². The molecule has 1 aliphatic rings. The quantitative estimate of drug-likeness (QED) is 0.851. The third-order valence-electron chi connectivity index (χ3n) is 3.15. The van der Waals surface area contributed by atoms with E-state index in [1.54, 1.807) is 0 Å². The largest absolute Gasteiger partial charge is 0.416 e. The molecular formula is C14H13F3N2O. The number of rotatable bonds is 4. The summed E-state index contributed by atoms with van der Waals surface area (Å²) in [5, 5.41) is 8.58. The van der Waals surface area contributed by atoms with E-state index in [4.69, 9.17) is 5.26 Å². The van der Waals surface area contributed by atoms with Gasteiger partial charge < -0.3 is 4.90 Å². The van der Waals surface area contributed by atoms with E-state index in [2.05, 4.69) is 0 Å². The van der Waals surface area contributed by atoms with E-state index < -0.39 is 17.6 Å². The van der Waals surface area contributed by atoms with Gasteiger partial charge in [0.1, 0.15) is 0 Å². The fourth-order valence-corrected chi connectivity index (χ4v) is 2.00. The Bertz CT molecular complexity index is 544. The predicted octanol–water partition coefficient (Wildman–Crippen LogP) is 3.22. The van der Waals surface area contributed by atoms with Gasteiger partial charge in [0, 0.05) is 18.2 Å². The average Bonchev–Trinajstić information content (AvgIpc) is 3.23. The number of amides is 1. The van der Waals surface area contributed by atoms with E-state index in [9.17, 15) is 18.0 Å². The molecule has 1 fully saturated rings. The molecule has 6 heteroatoms. The minimum absolute atomic E-state index is 0.0182. The fourth-order valence-electron chi connectivity index (χ4n) is 2.00. The molecule has 20 heavy (non-hydrogen) atoms. The van der Waals surface area contributed by atoms with Crippen molar-refractivity contribution in [1.29, 1.82) is 5.26 Å². The number of hydrogen-bond acceptors (Lipinski definition) is 2.